The van der Waals surface area contributed by atoms with E-state index in [2.05, 4.69) is 62.3 Å². The zero-order valence-corrected chi connectivity index (χ0v) is 18.9. The molecule has 3 nitrogen and oxygen atoms in total. The summed E-state index contributed by atoms with van der Waals surface area (Å²) in [6.45, 7) is 19.4. The maximum Gasteiger partial charge on any atom is 0.314 e. The van der Waals surface area contributed by atoms with Crippen molar-refractivity contribution in [2.75, 3.05) is 0 Å². The highest BCUT2D eigenvalue weighted by Crippen LogP contribution is 2.41. The van der Waals surface area contributed by atoms with Crippen LogP contribution in [0.1, 0.15) is 107 Å². The van der Waals surface area contributed by atoms with Crippen molar-refractivity contribution >= 4 is 5.97 Å². The summed E-state index contributed by atoms with van der Waals surface area (Å²) in [6, 6.07) is 0. The summed E-state index contributed by atoms with van der Waals surface area (Å²) in [6.07, 6.45) is 7.23. The first-order valence-electron chi connectivity index (χ1n) is 10.6. The summed E-state index contributed by atoms with van der Waals surface area (Å²) < 4.78 is 12.3. The Morgan fingerprint density at radius 2 is 1.46 bits per heavy atom. The van der Waals surface area contributed by atoms with E-state index in [0.717, 1.165) is 25.7 Å². The van der Waals surface area contributed by atoms with Gasteiger partial charge >= 0.3 is 5.97 Å². The third kappa shape index (κ3) is 7.98. The van der Waals surface area contributed by atoms with Crippen LogP contribution >= 0.6 is 0 Å². The molecule has 0 bridgehead atoms. The van der Waals surface area contributed by atoms with E-state index in [-0.39, 0.29) is 28.8 Å². The van der Waals surface area contributed by atoms with Crippen molar-refractivity contribution in [3.63, 3.8) is 0 Å². The molecule has 154 valence electrons. The van der Waals surface area contributed by atoms with Gasteiger partial charge in [0.2, 0.25) is 6.29 Å². The van der Waals surface area contributed by atoms with E-state index in [0.29, 0.717) is 0 Å². The van der Waals surface area contributed by atoms with Crippen LogP contribution in [0.25, 0.3) is 0 Å². The quantitative estimate of drug-likeness (QED) is 0.369. The van der Waals surface area contributed by atoms with Gasteiger partial charge in [-0.15, -0.1) is 0 Å². The molecule has 3 heteroatoms. The van der Waals surface area contributed by atoms with Crippen molar-refractivity contribution in [1.82, 2.24) is 0 Å². The summed E-state index contributed by atoms with van der Waals surface area (Å²) in [4.78, 5) is 13.2. The minimum absolute atomic E-state index is 0.0534. The third-order valence-corrected chi connectivity index (χ3v) is 5.55. The molecule has 1 rings (SSSR count). The lowest BCUT2D eigenvalue weighted by Crippen LogP contribution is -2.42. The molecule has 0 heterocycles. The van der Waals surface area contributed by atoms with E-state index in [4.69, 9.17) is 9.47 Å². The predicted molar refractivity (Wildman–Crippen MR) is 109 cm³/mol. The Labute approximate surface area is 162 Å². The molecule has 1 fully saturated rings. The molecule has 26 heavy (non-hydrogen) atoms. The molecule has 1 saturated carbocycles. The van der Waals surface area contributed by atoms with E-state index in [9.17, 15) is 4.79 Å². The minimum atomic E-state index is -0.496. The molecular formula is C23H44O3. The van der Waals surface area contributed by atoms with E-state index in [1.807, 2.05) is 0 Å². The Morgan fingerprint density at radius 1 is 0.923 bits per heavy atom. The Balaban J connectivity index is 2.89. The van der Waals surface area contributed by atoms with Gasteiger partial charge in [-0.25, -0.2) is 0 Å². The van der Waals surface area contributed by atoms with E-state index in [1.165, 1.54) is 19.3 Å². The van der Waals surface area contributed by atoms with Crippen molar-refractivity contribution in [1.29, 1.82) is 0 Å². The highest BCUT2D eigenvalue weighted by atomic mass is 16.7. The summed E-state index contributed by atoms with van der Waals surface area (Å²) in [5, 5.41) is 0. The molecule has 0 spiro atoms. The van der Waals surface area contributed by atoms with Crippen LogP contribution in [-0.4, -0.2) is 18.4 Å². The molecule has 0 saturated heterocycles. The number of ether oxygens (including phenoxy) is 2. The molecule has 0 aromatic carbocycles. The molecule has 0 N–H and O–H groups in total. The van der Waals surface area contributed by atoms with Crippen LogP contribution in [0, 0.1) is 22.2 Å². The van der Waals surface area contributed by atoms with Gasteiger partial charge in [0.25, 0.3) is 0 Å². The zero-order valence-electron chi connectivity index (χ0n) is 18.9. The topological polar surface area (TPSA) is 35.5 Å². The number of hydrogen-bond acceptors (Lipinski definition) is 3. The van der Waals surface area contributed by atoms with Gasteiger partial charge in [0, 0.05) is 6.42 Å². The van der Waals surface area contributed by atoms with Gasteiger partial charge in [0.05, 0.1) is 11.5 Å². The monoisotopic (exact) mass is 368 g/mol. The van der Waals surface area contributed by atoms with Crippen molar-refractivity contribution in [2.24, 2.45) is 22.2 Å². The molecule has 0 aliphatic heterocycles. The Hall–Kier alpha value is -0.570. The second kappa shape index (κ2) is 9.08. The van der Waals surface area contributed by atoms with Crippen LogP contribution < -0.4 is 0 Å². The van der Waals surface area contributed by atoms with Crippen molar-refractivity contribution < 1.29 is 14.3 Å². The first-order chi connectivity index (χ1) is 11.7. The molecule has 1 aliphatic carbocycles. The average Bonchev–Trinajstić information content (AvgIpc) is 2.44. The van der Waals surface area contributed by atoms with Gasteiger partial charge in [0.15, 0.2) is 0 Å². The average molecular weight is 369 g/mol. The number of esters is 1. The lowest BCUT2D eigenvalue weighted by atomic mass is 9.69. The standard InChI is InChI=1S/C23H44O3/c1-17(2)23(9,16-22(6,7)8)20(24)26-19(15-21(3,4)5)25-18-13-11-10-12-14-18/h17-19H,10-16H2,1-9H3. The van der Waals surface area contributed by atoms with Crippen LogP contribution in [0.5, 0.6) is 0 Å². The summed E-state index contributed by atoms with van der Waals surface area (Å²) >= 11 is 0. The second-order valence-electron chi connectivity index (χ2n) is 11.3. The number of hydrogen-bond donors (Lipinski definition) is 0. The van der Waals surface area contributed by atoms with Crippen LogP contribution in [0.3, 0.4) is 0 Å². The summed E-state index contributed by atoms with van der Waals surface area (Å²) in [7, 11) is 0. The van der Waals surface area contributed by atoms with Crippen molar-refractivity contribution in [3.05, 3.63) is 0 Å². The number of rotatable bonds is 7. The van der Waals surface area contributed by atoms with Gasteiger partial charge < -0.3 is 9.47 Å². The summed E-state index contributed by atoms with van der Waals surface area (Å²) in [5.41, 5.74) is -0.371. The maximum atomic E-state index is 13.2. The highest BCUT2D eigenvalue weighted by molar-refractivity contribution is 5.77. The lowest BCUT2D eigenvalue weighted by molar-refractivity contribution is -0.212. The third-order valence-electron chi connectivity index (χ3n) is 5.55. The van der Waals surface area contributed by atoms with E-state index >= 15 is 0 Å². The van der Waals surface area contributed by atoms with Crippen molar-refractivity contribution in [3.8, 4) is 0 Å². The number of carbonyl (C=O) groups excluding carboxylic acids is 1. The Bertz CT molecular complexity index is 435. The SMILES string of the molecule is CC(C)C(C)(CC(C)(C)C)C(=O)OC(CC(C)(C)C)OC1CCCCC1. The van der Waals surface area contributed by atoms with E-state index in [1.54, 1.807) is 0 Å². The largest absolute Gasteiger partial charge is 0.435 e. The zero-order chi connectivity index (χ0) is 20.2. The molecule has 0 radical (unpaired) electrons. The lowest BCUT2D eigenvalue weighted by Gasteiger charge is -2.39. The van der Waals surface area contributed by atoms with Crippen LogP contribution in [0.4, 0.5) is 0 Å². The van der Waals surface area contributed by atoms with Crippen LogP contribution in [0.15, 0.2) is 0 Å². The highest BCUT2D eigenvalue weighted by Gasteiger charge is 2.43. The first kappa shape index (κ1) is 23.5. The van der Waals surface area contributed by atoms with E-state index < -0.39 is 11.7 Å². The fourth-order valence-electron chi connectivity index (χ4n) is 3.90. The van der Waals surface area contributed by atoms with Gasteiger partial charge in [-0.05, 0) is 42.9 Å². The summed E-state index contributed by atoms with van der Waals surface area (Å²) in [5.74, 6) is 0.117. The Kier molecular flexibility index (Phi) is 8.20. The molecule has 2 unspecified atom stereocenters. The minimum Gasteiger partial charge on any atom is -0.435 e. The Morgan fingerprint density at radius 3 is 1.88 bits per heavy atom. The van der Waals surface area contributed by atoms with Crippen LogP contribution in [-0.2, 0) is 14.3 Å². The van der Waals surface area contributed by atoms with Gasteiger partial charge in [-0.2, -0.15) is 0 Å². The normalized spacial score (nSPS) is 20.7. The molecule has 0 aromatic rings. The molecule has 0 aromatic heterocycles. The fourth-order valence-corrected chi connectivity index (χ4v) is 3.90. The fraction of sp³-hybridized carbons (Fsp3) is 0.957. The smallest absolute Gasteiger partial charge is 0.314 e. The van der Waals surface area contributed by atoms with Gasteiger partial charge in [-0.3, -0.25) is 4.79 Å². The van der Waals surface area contributed by atoms with Gasteiger partial charge in [-0.1, -0.05) is 74.7 Å². The number of carbonyl (C=O) groups is 1. The first-order valence-corrected chi connectivity index (χ1v) is 10.6. The van der Waals surface area contributed by atoms with Gasteiger partial charge in [0.1, 0.15) is 0 Å². The maximum absolute atomic E-state index is 13.2. The van der Waals surface area contributed by atoms with Crippen LogP contribution in [0.2, 0.25) is 0 Å². The predicted octanol–water partition coefficient (Wildman–Crippen LogP) is 6.74. The molecular weight excluding hydrogens is 324 g/mol. The second-order valence-corrected chi connectivity index (χ2v) is 11.3. The van der Waals surface area contributed by atoms with Crippen molar-refractivity contribution in [2.45, 2.75) is 120 Å². The molecule has 0 amide bonds. The molecule has 2 atom stereocenters. The molecule has 1 aliphatic rings.